The van der Waals surface area contributed by atoms with Gasteiger partial charge in [-0.3, -0.25) is 4.79 Å². The molecule has 1 amide bonds. The van der Waals surface area contributed by atoms with Gasteiger partial charge in [0.2, 0.25) is 0 Å². The third kappa shape index (κ3) is 2.83. The third-order valence-electron chi connectivity index (χ3n) is 1.55. The summed E-state index contributed by atoms with van der Waals surface area (Å²) in [6.07, 6.45) is 0.592. The van der Waals surface area contributed by atoms with Crippen molar-refractivity contribution in [3.8, 4) is 0 Å². The van der Waals surface area contributed by atoms with Crippen molar-refractivity contribution in [1.29, 1.82) is 0 Å². The van der Waals surface area contributed by atoms with Gasteiger partial charge in [-0.1, -0.05) is 0 Å². The van der Waals surface area contributed by atoms with Gasteiger partial charge in [0.05, 0.1) is 0 Å². The molecule has 1 aromatic heterocycles. The maximum absolute atomic E-state index is 11.0. The number of hydrogen-bond donors (Lipinski definition) is 2. The van der Waals surface area contributed by atoms with Crippen molar-refractivity contribution in [1.82, 2.24) is 4.98 Å². The molecule has 0 saturated carbocycles. The lowest BCUT2D eigenvalue weighted by Gasteiger charge is -2.05. The molecular formula is C9H12N2O2. The van der Waals surface area contributed by atoms with E-state index < -0.39 is 12.0 Å². The first kappa shape index (κ1) is 9.67. The maximum Gasteiger partial charge on any atom is 0.254 e. The van der Waals surface area contributed by atoms with Gasteiger partial charge < -0.3 is 10.4 Å². The second kappa shape index (κ2) is 4.00. The number of aryl methyl sites for hydroxylation is 1. The number of pyridine rings is 1. The van der Waals surface area contributed by atoms with Crippen LogP contribution in [0.2, 0.25) is 0 Å². The summed E-state index contributed by atoms with van der Waals surface area (Å²) < 4.78 is 0. The summed E-state index contributed by atoms with van der Waals surface area (Å²) in [5, 5.41) is 11.4. The predicted molar refractivity (Wildman–Crippen MR) is 49.3 cm³/mol. The van der Waals surface area contributed by atoms with E-state index in [-0.39, 0.29) is 0 Å². The number of aliphatic hydroxyl groups excluding tert-OH is 1. The second-order valence-electron chi connectivity index (χ2n) is 2.88. The molecule has 0 radical (unpaired) electrons. The minimum Gasteiger partial charge on any atom is -0.384 e. The van der Waals surface area contributed by atoms with Gasteiger partial charge in [-0.2, -0.15) is 0 Å². The Bertz CT molecular complexity index is 310. The summed E-state index contributed by atoms with van der Waals surface area (Å²) >= 11 is 0. The SMILES string of the molecule is Cc1ccnc(NC(=O)[C@H](C)O)c1. The Hall–Kier alpha value is -1.42. The minimum absolute atomic E-state index is 0.446. The van der Waals surface area contributed by atoms with Crippen LogP contribution in [0.15, 0.2) is 18.3 Å². The lowest BCUT2D eigenvalue weighted by molar-refractivity contribution is -0.123. The molecule has 0 saturated heterocycles. The minimum atomic E-state index is -1.01. The zero-order chi connectivity index (χ0) is 9.84. The summed E-state index contributed by atoms with van der Waals surface area (Å²) in [5.74, 6) is 0.0176. The van der Waals surface area contributed by atoms with E-state index >= 15 is 0 Å². The Labute approximate surface area is 76.6 Å². The molecule has 13 heavy (non-hydrogen) atoms. The normalized spacial score (nSPS) is 12.2. The largest absolute Gasteiger partial charge is 0.384 e. The number of amides is 1. The Morgan fingerprint density at radius 3 is 2.92 bits per heavy atom. The summed E-state index contributed by atoms with van der Waals surface area (Å²) in [5.41, 5.74) is 1.01. The summed E-state index contributed by atoms with van der Waals surface area (Å²) in [6.45, 7) is 3.31. The van der Waals surface area contributed by atoms with Gasteiger partial charge in [-0.15, -0.1) is 0 Å². The number of hydrogen-bond acceptors (Lipinski definition) is 3. The molecule has 0 aliphatic carbocycles. The van der Waals surface area contributed by atoms with Crippen LogP contribution in [-0.4, -0.2) is 22.1 Å². The van der Waals surface area contributed by atoms with E-state index in [0.29, 0.717) is 5.82 Å². The molecular weight excluding hydrogens is 168 g/mol. The average Bonchev–Trinajstić information content (AvgIpc) is 2.04. The number of carbonyl (C=O) groups is 1. The van der Waals surface area contributed by atoms with Crippen molar-refractivity contribution in [2.24, 2.45) is 0 Å². The van der Waals surface area contributed by atoms with Gasteiger partial charge in [0.15, 0.2) is 0 Å². The number of nitrogens with zero attached hydrogens (tertiary/aromatic N) is 1. The fourth-order valence-corrected chi connectivity index (χ4v) is 0.835. The van der Waals surface area contributed by atoms with E-state index in [1.165, 1.54) is 6.92 Å². The summed E-state index contributed by atoms with van der Waals surface area (Å²) in [6, 6.07) is 3.57. The molecule has 1 rings (SSSR count). The molecule has 4 nitrogen and oxygen atoms in total. The van der Waals surface area contributed by atoms with Gasteiger partial charge >= 0.3 is 0 Å². The average molecular weight is 180 g/mol. The monoisotopic (exact) mass is 180 g/mol. The van der Waals surface area contributed by atoms with Crippen LogP contribution < -0.4 is 5.32 Å². The number of rotatable bonds is 2. The van der Waals surface area contributed by atoms with E-state index in [4.69, 9.17) is 5.11 Å². The first-order valence-corrected chi connectivity index (χ1v) is 4.01. The molecule has 0 unspecified atom stereocenters. The molecule has 4 heteroatoms. The van der Waals surface area contributed by atoms with Crippen LogP contribution >= 0.6 is 0 Å². The Morgan fingerprint density at radius 2 is 2.38 bits per heavy atom. The predicted octanol–water partition coefficient (Wildman–Crippen LogP) is 0.709. The van der Waals surface area contributed by atoms with Crippen LogP contribution in [0.3, 0.4) is 0 Å². The molecule has 2 N–H and O–H groups in total. The molecule has 70 valence electrons. The lowest BCUT2D eigenvalue weighted by Crippen LogP contribution is -2.24. The first-order chi connectivity index (χ1) is 6.09. The lowest BCUT2D eigenvalue weighted by atomic mass is 10.3. The van der Waals surface area contributed by atoms with Crippen molar-refractivity contribution in [2.75, 3.05) is 5.32 Å². The van der Waals surface area contributed by atoms with Crippen molar-refractivity contribution < 1.29 is 9.90 Å². The van der Waals surface area contributed by atoms with Crippen LogP contribution in [-0.2, 0) is 4.79 Å². The van der Waals surface area contributed by atoms with Crippen LogP contribution in [0.5, 0.6) is 0 Å². The van der Waals surface area contributed by atoms with Crippen molar-refractivity contribution in [3.63, 3.8) is 0 Å². The summed E-state index contributed by atoms with van der Waals surface area (Å²) in [4.78, 5) is 14.9. The first-order valence-electron chi connectivity index (χ1n) is 4.01. The molecule has 0 spiro atoms. The van der Waals surface area contributed by atoms with E-state index in [0.717, 1.165) is 5.56 Å². The van der Waals surface area contributed by atoms with E-state index in [2.05, 4.69) is 10.3 Å². The standard InChI is InChI=1S/C9H12N2O2/c1-6-3-4-10-8(5-6)11-9(13)7(2)12/h3-5,7,12H,1-2H3,(H,10,11,13)/t7-/m0/s1. The van der Waals surface area contributed by atoms with Crippen molar-refractivity contribution in [2.45, 2.75) is 20.0 Å². The van der Waals surface area contributed by atoms with E-state index in [1.807, 2.05) is 13.0 Å². The molecule has 0 aromatic carbocycles. The molecule has 1 atom stereocenters. The molecule has 0 bridgehead atoms. The zero-order valence-electron chi connectivity index (χ0n) is 7.61. The highest BCUT2D eigenvalue weighted by molar-refractivity contribution is 5.92. The van der Waals surface area contributed by atoms with Gasteiger partial charge in [-0.05, 0) is 31.5 Å². The highest BCUT2D eigenvalue weighted by Crippen LogP contribution is 2.05. The number of aliphatic hydroxyl groups is 1. The van der Waals surface area contributed by atoms with Gasteiger partial charge in [0.1, 0.15) is 11.9 Å². The Kier molecular flexibility index (Phi) is 2.97. The van der Waals surface area contributed by atoms with Crippen LogP contribution in [0.25, 0.3) is 0 Å². The number of nitrogens with one attached hydrogen (secondary N) is 1. The number of carbonyl (C=O) groups excluding carboxylic acids is 1. The zero-order valence-corrected chi connectivity index (χ0v) is 7.61. The highest BCUT2D eigenvalue weighted by atomic mass is 16.3. The fraction of sp³-hybridized carbons (Fsp3) is 0.333. The van der Waals surface area contributed by atoms with E-state index in [1.54, 1.807) is 12.3 Å². The van der Waals surface area contributed by atoms with Gasteiger partial charge in [-0.25, -0.2) is 4.98 Å². The molecule has 1 aromatic rings. The maximum atomic E-state index is 11.0. The van der Waals surface area contributed by atoms with Crippen LogP contribution in [0.1, 0.15) is 12.5 Å². The van der Waals surface area contributed by atoms with Crippen LogP contribution in [0.4, 0.5) is 5.82 Å². The van der Waals surface area contributed by atoms with Crippen LogP contribution in [0, 0.1) is 6.92 Å². The Morgan fingerprint density at radius 1 is 1.69 bits per heavy atom. The summed E-state index contributed by atoms with van der Waals surface area (Å²) in [7, 11) is 0. The topological polar surface area (TPSA) is 62.2 Å². The van der Waals surface area contributed by atoms with E-state index in [9.17, 15) is 4.79 Å². The van der Waals surface area contributed by atoms with Crippen molar-refractivity contribution in [3.05, 3.63) is 23.9 Å². The third-order valence-corrected chi connectivity index (χ3v) is 1.55. The second-order valence-corrected chi connectivity index (χ2v) is 2.88. The number of aromatic nitrogens is 1. The van der Waals surface area contributed by atoms with Gasteiger partial charge in [0, 0.05) is 6.20 Å². The smallest absolute Gasteiger partial charge is 0.254 e. The quantitative estimate of drug-likeness (QED) is 0.704. The Balaban J connectivity index is 2.69. The van der Waals surface area contributed by atoms with Crippen molar-refractivity contribution >= 4 is 11.7 Å². The van der Waals surface area contributed by atoms with Gasteiger partial charge in [0.25, 0.3) is 5.91 Å². The molecule has 0 aliphatic heterocycles. The number of anilines is 1. The highest BCUT2D eigenvalue weighted by Gasteiger charge is 2.08. The molecule has 0 aliphatic rings. The molecule has 0 fully saturated rings. The fourth-order valence-electron chi connectivity index (χ4n) is 0.835. The molecule has 1 heterocycles.